The molecule has 0 saturated heterocycles. The van der Waals surface area contributed by atoms with Gasteiger partial charge in [-0.25, -0.2) is 4.98 Å². The molecular formula is C19H22N6O. The predicted octanol–water partition coefficient (Wildman–Crippen LogP) is 1.70. The zero-order valence-electron chi connectivity index (χ0n) is 14.7. The third-order valence-electron chi connectivity index (χ3n) is 4.68. The molecule has 1 aliphatic rings. The number of amides is 1. The molecule has 2 aromatic heterocycles. The molecule has 7 nitrogen and oxygen atoms in total. The molecule has 0 aliphatic carbocycles. The first-order valence-electron chi connectivity index (χ1n) is 8.76. The normalized spacial score (nSPS) is 15.4. The Morgan fingerprint density at radius 1 is 1.27 bits per heavy atom. The van der Waals surface area contributed by atoms with E-state index in [0.29, 0.717) is 12.2 Å². The topological polar surface area (TPSA) is 68.0 Å². The molecule has 1 aliphatic heterocycles. The predicted molar refractivity (Wildman–Crippen MR) is 97.4 cm³/mol. The van der Waals surface area contributed by atoms with Crippen molar-refractivity contribution in [3.8, 4) is 0 Å². The van der Waals surface area contributed by atoms with Gasteiger partial charge in [0, 0.05) is 32.0 Å². The van der Waals surface area contributed by atoms with Gasteiger partial charge in [0.15, 0.2) is 5.69 Å². The van der Waals surface area contributed by atoms with Crippen molar-refractivity contribution in [1.29, 1.82) is 0 Å². The van der Waals surface area contributed by atoms with Crippen molar-refractivity contribution in [2.45, 2.75) is 25.7 Å². The average molecular weight is 350 g/mol. The molecule has 1 N–H and O–H groups in total. The minimum atomic E-state index is -0.153. The number of carbonyl (C=O) groups is 1. The van der Waals surface area contributed by atoms with E-state index in [-0.39, 0.29) is 11.9 Å². The Morgan fingerprint density at radius 2 is 2.12 bits per heavy atom. The van der Waals surface area contributed by atoms with Crippen LogP contribution in [-0.4, -0.2) is 43.7 Å². The smallest absolute Gasteiger partial charge is 0.272 e. The summed E-state index contributed by atoms with van der Waals surface area (Å²) in [6.45, 7) is 3.20. The van der Waals surface area contributed by atoms with Crippen molar-refractivity contribution in [2.75, 3.05) is 13.6 Å². The van der Waals surface area contributed by atoms with E-state index in [4.69, 9.17) is 0 Å². The number of carbonyl (C=O) groups excluding carboxylic acids is 1. The number of fused-ring (bicyclic) bond motifs is 1. The van der Waals surface area contributed by atoms with E-state index < -0.39 is 0 Å². The molecule has 0 fully saturated rings. The summed E-state index contributed by atoms with van der Waals surface area (Å²) in [6, 6.07) is 11.7. The van der Waals surface area contributed by atoms with Crippen molar-refractivity contribution in [3.05, 3.63) is 72.1 Å². The van der Waals surface area contributed by atoms with E-state index in [0.717, 1.165) is 30.9 Å². The van der Waals surface area contributed by atoms with E-state index >= 15 is 0 Å². The van der Waals surface area contributed by atoms with Gasteiger partial charge in [-0.05, 0) is 18.7 Å². The summed E-state index contributed by atoms with van der Waals surface area (Å²) in [7, 11) is 2.08. The molecular weight excluding hydrogens is 328 g/mol. The number of benzene rings is 1. The van der Waals surface area contributed by atoms with E-state index in [2.05, 4.69) is 27.3 Å². The maximum absolute atomic E-state index is 12.8. The Kier molecular flexibility index (Phi) is 4.53. The fourth-order valence-corrected chi connectivity index (χ4v) is 3.27. The molecule has 3 heterocycles. The highest BCUT2D eigenvalue weighted by Crippen LogP contribution is 2.17. The van der Waals surface area contributed by atoms with Gasteiger partial charge in [0.1, 0.15) is 0 Å². The van der Waals surface area contributed by atoms with Gasteiger partial charge in [0.25, 0.3) is 5.91 Å². The average Bonchev–Trinajstić information content (AvgIpc) is 3.31. The lowest BCUT2D eigenvalue weighted by Gasteiger charge is -2.22. The number of nitrogens with zero attached hydrogens (tertiary/aromatic N) is 5. The highest BCUT2D eigenvalue weighted by Gasteiger charge is 2.22. The largest absolute Gasteiger partial charge is 0.342 e. The quantitative estimate of drug-likeness (QED) is 0.760. The minimum absolute atomic E-state index is 0.150. The lowest BCUT2D eigenvalue weighted by Crippen LogP contribution is -2.32. The van der Waals surface area contributed by atoms with E-state index in [1.807, 2.05) is 51.8 Å². The number of rotatable bonds is 5. The summed E-state index contributed by atoms with van der Waals surface area (Å²) < 4.78 is 3.90. The first-order chi connectivity index (χ1) is 12.7. The van der Waals surface area contributed by atoms with E-state index in [9.17, 15) is 4.79 Å². The molecule has 3 aromatic rings. The van der Waals surface area contributed by atoms with Gasteiger partial charge in [-0.3, -0.25) is 14.4 Å². The molecule has 0 unspecified atom stereocenters. The van der Waals surface area contributed by atoms with Crippen LogP contribution in [0.5, 0.6) is 0 Å². The van der Waals surface area contributed by atoms with Crippen LogP contribution in [0.4, 0.5) is 0 Å². The maximum Gasteiger partial charge on any atom is 0.272 e. The monoisotopic (exact) mass is 350 g/mol. The van der Waals surface area contributed by atoms with Gasteiger partial charge in [0.2, 0.25) is 0 Å². The van der Waals surface area contributed by atoms with E-state index in [1.165, 1.54) is 0 Å². The van der Waals surface area contributed by atoms with Gasteiger partial charge in [-0.1, -0.05) is 30.3 Å². The molecule has 1 atom stereocenters. The second-order valence-corrected chi connectivity index (χ2v) is 6.68. The fraction of sp³-hybridized carbons (Fsp3) is 0.316. The van der Waals surface area contributed by atoms with Crippen LogP contribution in [-0.2, 0) is 19.6 Å². The Morgan fingerprint density at radius 3 is 2.88 bits per heavy atom. The first kappa shape index (κ1) is 16.5. The van der Waals surface area contributed by atoms with Gasteiger partial charge >= 0.3 is 0 Å². The molecule has 0 spiro atoms. The number of hydrogen-bond donors (Lipinski definition) is 1. The summed E-state index contributed by atoms with van der Waals surface area (Å²) in [5.74, 6) is -0.150. The SMILES string of the molecule is CN1CCn2nc(C(=O)N[C@H](Cn3ccnc3)c3ccccc3)cc2C1. The molecule has 0 radical (unpaired) electrons. The molecule has 0 saturated carbocycles. The highest BCUT2D eigenvalue weighted by molar-refractivity contribution is 5.92. The molecule has 1 aromatic carbocycles. The van der Waals surface area contributed by atoms with Crippen LogP contribution >= 0.6 is 0 Å². The van der Waals surface area contributed by atoms with Crippen LogP contribution in [0.3, 0.4) is 0 Å². The second-order valence-electron chi connectivity index (χ2n) is 6.68. The van der Waals surface area contributed by atoms with Gasteiger partial charge in [-0.2, -0.15) is 5.10 Å². The molecule has 134 valence electrons. The highest BCUT2D eigenvalue weighted by atomic mass is 16.2. The second kappa shape index (κ2) is 7.13. The van der Waals surface area contributed by atoms with Gasteiger partial charge in [0.05, 0.1) is 24.6 Å². The zero-order valence-corrected chi connectivity index (χ0v) is 14.7. The van der Waals surface area contributed by atoms with Crippen LogP contribution < -0.4 is 5.32 Å². The molecule has 7 heteroatoms. The fourth-order valence-electron chi connectivity index (χ4n) is 3.27. The summed E-state index contributed by atoms with van der Waals surface area (Å²) in [5.41, 5.74) is 2.61. The number of nitrogens with one attached hydrogen (secondary N) is 1. The molecule has 4 rings (SSSR count). The summed E-state index contributed by atoms with van der Waals surface area (Å²) in [6.07, 6.45) is 5.39. The Labute approximate surface area is 152 Å². The Balaban J connectivity index is 1.54. The third kappa shape index (κ3) is 3.52. The van der Waals surface area contributed by atoms with E-state index in [1.54, 1.807) is 12.5 Å². The van der Waals surface area contributed by atoms with Crippen LogP contribution in [0.25, 0.3) is 0 Å². The number of hydrogen-bond acceptors (Lipinski definition) is 4. The Hall–Kier alpha value is -2.93. The zero-order chi connectivity index (χ0) is 17.9. The van der Waals surface area contributed by atoms with Crippen LogP contribution in [0.1, 0.15) is 27.8 Å². The van der Waals surface area contributed by atoms with Gasteiger partial charge in [-0.15, -0.1) is 0 Å². The molecule has 26 heavy (non-hydrogen) atoms. The Bertz CT molecular complexity index is 871. The lowest BCUT2D eigenvalue weighted by molar-refractivity contribution is 0.0926. The number of likely N-dealkylation sites (N-methyl/N-ethyl adjacent to an activating group) is 1. The lowest BCUT2D eigenvalue weighted by atomic mass is 10.1. The van der Waals surface area contributed by atoms with Crippen molar-refractivity contribution in [1.82, 2.24) is 29.5 Å². The van der Waals surface area contributed by atoms with Crippen LogP contribution in [0, 0.1) is 0 Å². The first-order valence-corrected chi connectivity index (χ1v) is 8.76. The summed E-state index contributed by atoms with van der Waals surface area (Å²) in [5, 5.41) is 7.62. The van der Waals surface area contributed by atoms with Crippen LogP contribution in [0.2, 0.25) is 0 Å². The summed E-state index contributed by atoms with van der Waals surface area (Å²) in [4.78, 5) is 19.1. The molecule has 0 bridgehead atoms. The van der Waals surface area contributed by atoms with Crippen molar-refractivity contribution in [3.63, 3.8) is 0 Å². The van der Waals surface area contributed by atoms with Crippen molar-refractivity contribution in [2.24, 2.45) is 0 Å². The minimum Gasteiger partial charge on any atom is -0.342 e. The van der Waals surface area contributed by atoms with Crippen molar-refractivity contribution < 1.29 is 4.79 Å². The van der Waals surface area contributed by atoms with Crippen LogP contribution in [0.15, 0.2) is 55.1 Å². The maximum atomic E-state index is 12.8. The van der Waals surface area contributed by atoms with Gasteiger partial charge < -0.3 is 9.88 Å². The third-order valence-corrected chi connectivity index (χ3v) is 4.68. The summed E-state index contributed by atoms with van der Waals surface area (Å²) >= 11 is 0. The standard InChI is InChI=1S/C19H22N6O/c1-23-9-10-25-16(12-23)11-17(22-25)19(26)21-18(13-24-8-7-20-14-24)15-5-3-2-4-6-15/h2-8,11,14,18H,9-10,12-13H2,1H3,(H,21,26)/t18-/m1/s1. The number of aromatic nitrogens is 4. The van der Waals surface area contributed by atoms with Crippen molar-refractivity contribution >= 4 is 5.91 Å². The number of imidazole rings is 1. The molecule has 1 amide bonds.